The maximum atomic E-state index is 12.7. The van der Waals surface area contributed by atoms with E-state index in [4.69, 9.17) is 0 Å². The monoisotopic (exact) mass is 339 g/mol. The van der Waals surface area contributed by atoms with Gasteiger partial charge in [-0.2, -0.15) is 0 Å². The number of carbonyl (C=O) groups excluding carboxylic acids is 1. The number of carbonyl (C=O) groups is 1. The van der Waals surface area contributed by atoms with Crippen molar-refractivity contribution < 1.29 is 9.69 Å². The molecule has 124 valence electrons. The van der Waals surface area contributed by atoms with Gasteiger partial charge in [-0.3, -0.25) is 4.79 Å². The highest BCUT2D eigenvalue weighted by molar-refractivity contribution is 7.10. The van der Waals surface area contributed by atoms with Gasteiger partial charge in [0, 0.05) is 11.1 Å². The van der Waals surface area contributed by atoms with Gasteiger partial charge in [0.2, 0.25) is 0 Å². The van der Waals surface area contributed by atoms with E-state index in [-0.39, 0.29) is 11.9 Å². The van der Waals surface area contributed by atoms with Crippen LogP contribution in [0.25, 0.3) is 10.8 Å². The van der Waals surface area contributed by atoms with E-state index in [1.165, 1.54) is 15.3 Å². The predicted molar refractivity (Wildman–Crippen MR) is 102 cm³/mol. The summed E-state index contributed by atoms with van der Waals surface area (Å²) >= 11 is 1.76. The number of anilines is 1. The molecule has 2 atom stereocenters. The van der Waals surface area contributed by atoms with Crippen molar-refractivity contribution in [3.63, 3.8) is 0 Å². The zero-order valence-corrected chi connectivity index (χ0v) is 15.1. The summed E-state index contributed by atoms with van der Waals surface area (Å²) in [6, 6.07) is 16.1. The molecule has 4 heteroatoms. The Bertz CT molecular complexity index is 850. The Morgan fingerprint density at radius 3 is 2.67 bits per heavy atom. The van der Waals surface area contributed by atoms with E-state index in [0.717, 1.165) is 23.0 Å². The maximum absolute atomic E-state index is 12.7. The second kappa shape index (κ2) is 7.16. The minimum Gasteiger partial charge on any atom is -0.323 e. The molecule has 2 aromatic carbocycles. The molecule has 0 spiro atoms. The fraction of sp³-hybridized carbons (Fsp3) is 0.250. The Kier molecular flexibility index (Phi) is 4.97. The number of benzene rings is 2. The maximum Gasteiger partial charge on any atom is 0.282 e. The molecule has 0 saturated carbocycles. The highest BCUT2D eigenvalue weighted by Crippen LogP contribution is 2.23. The van der Waals surface area contributed by atoms with Gasteiger partial charge in [0.25, 0.3) is 5.91 Å². The van der Waals surface area contributed by atoms with Gasteiger partial charge >= 0.3 is 0 Å². The Labute approximate surface area is 146 Å². The van der Waals surface area contributed by atoms with Gasteiger partial charge in [-0.05, 0) is 42.3 Å². The van der Waals surface area contributed by atoms with Gasteiger partial charge in [-0.15, -0.1) is 11.3 Å². The third kappa shape index (κ3) is 3.50. The summed E-state index contributed by atoms with van der Waals surface area (Å²) in [5.41, 5.74) is 2.19. The molecule has 3 aromatic rings. The first-order valence-electron chi connectivity index (χ1n) is 8.20. The molecule has 0 aliphatic rings. The molecule has 0 bridgehead atoms. The number of rotatable bonds is 5. The number of hydrogen-bond donors (Lipinski definition) is 2. The van der Waals surface area contributed by atoms with Crippen LogP contribution in [0.15, 0.2) is 53.9 Å². The minimum absolute atomic E-state index is 0.0538. The summed E-state index contributed by atoms with van der Waals surface area (Å²) in [5, 5.41) is 7.43. The van der Waals surface area contributed by atoms with Crippen molar-refractivity contribution in [1.29, 1.82) is 0 Å². The number of aryl methyl sites for hydroxylation is 1. The lowest BCUT2D eigenvalue weighted by molar-refractivity contribution is -0.907. The first kappa shape index (κ1) is 16.7. The predicted octanol–water partition coefficient (Wildman–Crippen LogP) is 3.25. The summed E-state index contributed by atoms with van der Waals surface area (Å²) in [6.45, 7) is 4.98. The van der Waals surface area contributed by atoms with Crippen molar-refractivity contribution in [1.82, 2.24) is 0 Å². The normalized spacial score (nSPS) is 13.6. The van der Waals surface area contributed by atoms with Crippen molar-refractivity contribution in [2.24, 2.45) is 0 Å². The smallest absolute Gasteiger partial charge is 0.282 e. The standard InChI is InChI=1S/C20H22N2OS/c1-14-11-12-24-19(14)13-22(3)15(2)20(23)21-18-10-6-8-16-7-4-5-9-17(16)18/h4-12,15H,13H2,1-3H3,(H,21,23)/p+1/t15-/m0/s1. The first-order chi connectivity index (χ1) is 11.6. The number of likely N-dealkylation sites (N-methyl/N-ethyl adjacent to an activating group) is 1. The third-order valence-corrected chi connectivity index (χ3v) is 5.61. The summed E-state index contributed by atoms with van der Waals surface area (Å²) in [5.74, 6) is 0.0538. The van der Waals surface area contributed by atoms with Crippen LogP contribution in [0, 0.1) is 6.92 Å². The quantitative estimate of drug-likeness (QED) is 0.735. The largest absolute Gasteiger partial charge is 0.323 e. The van der Waals surface area contributed by atoms with Gasteiger partial charge in [-0.1, -0.05) is 36.4 Å². The minimum atomic E-state index is -0.120. The molecule has 3 rings (SSSR count). The van der Waals surface area contributed by atoms with E-state index < -0.39 is 0 Å². The topological polar surface area (TPSA) is 33.5 Å². The lowest BCUT2D eigenvalue weighted by Crippen LogP contribution is -3.12. The zero-order chi connectivity index (χ0) is 17.1. The number of quaternary nitrogens is 1. The molecule has 3 nitrogen and oxygen atoms in total. The summed E-state index contributed by atoms with van der Waals surface area (Å²) < 4.78 is 0. The fourth-order valence-electron chi connectivity index (χ4n) is 2.79. The number of nitrogens with one attached hydrogen (secondary N) is 2. The number of thiophene rings is 1. The van der Waals surface area contributed by atoms with E-state index in [1.807, 2.05) is 37.3 Å². The zero-order valence-electron chi connectivity index (χ0n) is 14.3. The molecule has 0 fully saturated rings. The fourth-order valence-corrected chi connectivity index (χ4v) is 3.79. The molecule has 0 radical (unpaired) electrons. The molecule has 1 heterocycles. The summed E-state index contributed by atoms with van der Waals surface area (Å²) in [4.78, 5) is 15.2. The number of hydrogen-bond acceptors (Lipinski definition) is 2. The van der Waals surface area contributed by atoms with Crippen molar-refractivity contribution in [2.45, 2.75) is 26.4 Å². The second-order valence-electron chi connectivity index (χ2n) is 6.29. The van der Waals surface area contributed by atoms with Crippen LogP contribution in [0.2, 0.25) is 0 Å². The van der Waals surface area contributed by atoms with Gasteiger partial charge in [0.05, 0.1) is 11.9 Å². The van der Waals surface area contributed by atoms with Gasteiger partial charge in [0.1, 0.15) is 6.54 Å². The summed E-state index contributed by atoms with van der Waals surface area (Å²) in [6.07, 6.45) is 0. The molecule has 0 saturated heterocycles. The van der Waals surface area contributed by atoms with E-state index in [2.05, 4.69) is 42.9 Å². The molecular weight excluding hydrogens is 316 g/mol. The van der Waals surface area contributed by atoms with E-state index in [0.29, 0.717) is 0 Å². The molecule has 24 heavy (non-hydrogen) atoms. The van der Waals surface area contributed by atoms with Crippen LogP contribution in [0.4, 0.5) is 5.69 Å². The van der Waals surface area contributed by atoms with Gasteiger partial charge < -0.3 is 10.2 Å². The lowest BCUT2D eigenvalue weighted by atomic mass is 10.1. The third-order valence-electron chi connectivity index (χ3n) is 4.59. The highest BCUT2D eigenvalue weighted by atomic mass is 32.1. The van der Waals surface area contributed by atoms with E-state index >= 15 is 0 Å². The van der Waals surface area contributed by atoms with Crippen molar-refractivity contribution in [2.75, 3.05) is 12.4 Å². The SMILES string of the molecule is Cc1ccsc1C[NH+](C)[C@@H](C)C(=O)Nc1cccc2ccccc12. The molecule has 1 aromatic heterocycles. The van der Waals surface area contributed by atoms with E-state index in [9.17, 15) is 4.79 Å². The second-order valence-corrected chi connectivity index (χ2v) is 7.29. The molecular formula is C20H23N2OS+. The Balaban J connectivity index is 1.72. The molecule has 1 unspecified atom stereocenters. The highest BCUT2D eigenvalue weighted by Gasteiger charge is 2.23. The van der Waals surface area contributed by atoms with Crippen molar-refractivity contribution in [3.8, 4) is 0 Å². The van der Waals surface area contributed by atoms with Crippen LogP contribution < -0.4 is 10.2 Å². The molecule has 2 N–H and O–H groups in total. The number of fused-ring (bicyclic) bond motifs is 1. The summed E-state index contributed by atoms with van der Waals surface area (Å²) in [7, 11) is 2.08. The Morgan fingerprint density at radius 1 is 1.17 bits per heavy atom. The van der Waals surface area contributed by atoms with Crippen LogP contribution in [0.1, 0.15) is 17.4 Å². The first-order valence-corrected chi connectivity index (χ1v) is 9.08. The Hall–Kier alpha value is -2.17. The molecule has 1 amide bonds. The van der Waals surface area contributed by atoms with Gasteiger partial charge in [-0.25, -0.2) is 0 Å². The van der Waals surface area contributed by atoms with Crippen LogP contribution in [0.3, 0.4) is 0 Å². The average Bonchev–Trinajstić information content (AvgIpc) is 2.99. The van der Waals surface area contributed by atoms with Crippen LogP contribution >= 0.6 is 11.3 Å². The van der Waals surface area contributed by atoms with Crippen LogP contribution in [-0.2, 0) is 11.3 Å². The van der Waals surface area contributed by atoms with Gasteiger partial charge in [0.15, 0.2) is 6.04 Å². The number of amides is 1. The van der Waals surface area contributed by atoms with Crippen molar-refractivity contribution in [3.05, 3.63) is 64.4 Å². The molecule has 0 aliphatic heterocycles. The Morgan fingerprint density at radius 2 is 1.92 bits per heavy atom. The van der Waals surface area contributed by atoms with Crippen LogP contribution in [-0.4, -0.2) is 19.0 Å². The molecule has 0 aliphatic carbocycles. The lowest BCUT2D eigenvalue weighted by Gasteiger charge is -2.21. The van der Waals surface area contributed by atoms with Crippen LogP contribution in [0.5, 0.6) is 0 Å². The average molecular weight is 339 g/mol. The van der Waals surface area contributed by atoms with Crippen molar-refractivity contribution >= 4 is 33.7 Å². The van der Waals surface area contributed by atoms with E-state index in [1.54, 1.807) is 11.3 Å².